The molecule has 9 heteroatoms. The Morgan fingerprint density at radius 2 is 1.70 bits per heavy atom. The molecule has 1 atom stereocenters. The van der Waals surface area contributed by atoms with Crippen LogP contribution in [0.25, 0.3) is 0 Å². The largest absolute Gasteiger partial charge is 0.486 e. The highest BCUT2D eigenvalue weighted by Crippen LogP contribution is 2.30. The third-order valence-corrected chi connectivity index (χ3v) is 5.85. The lowest BCUT2D eigenvalue weighted by Gasteiger charge is -2.26. The monoisotopic (exact) mass is 433 g/mol. The van der Waals surface area contributed by atoms with Crippen molar-refractivity contribution >= 4 is 16.1 Å². The number of carbonyl (C=O) groups excluding carboxylic acids is 1. The van der Waals surface area contributed by atoms with Crippen molar-refractivity contribution in [2.45, 2.75) is 38.3 Å². The van der Waals surface area contributed by atoms with Gasteiger partial charge in [0.05, 0.1) is 12.3 Å². The average Bonchev–Trinajstić information content (AvgIpc) is 2.70. The fourth-order valence-electron chi connectivity index (χ4n) is 2.99. The normalized spacial score (nSPS) is 15.6. The van der Waals surface area contributed by atoms with Crippen molar-refractivity contribution in [2.75, 3.05) is 13.2 Å². The van der Waals surface area contributed by atoms with Crippen LogP contribution >= 0.6 is 0 Å². The Morgan fingerprint density at radius 3 is 2.40 bits per heavy atom. The Hall–Kier alpha value is -2.78. The molecular formula is C21H27N3O5S. The first-order valence-electron chi connectivity index (χ1n) is 9.79. The van der Waals surface area contributed by atoms with Crippen LogP contribution in [0.3, 0.4) is 0 Å². The van der Waals surface area contributed by atoms with Gasteiger partial charge in [-0.3, -0.25) is 0 Å². The SMILES string of the molecule is CC(C)NS(=O)(=O)Cc1ccc(CNC(=O)NCC2COc3ccccc3O2)cc1. The summed E-state index contributed by atoms with van der Waals surface area (Å²) in [5.74, 6) is 1.29. The Morgan fingerprint density at radius 1 is 1.03 bits per heavy atom. The minimum Gasteiger partial charge on any atom is -0.486 e. The summed E-state index contributed by atoms with van der Waals surface area (Å²) in [4.78, 5) is 12.1. The number of rotatable bonds is 8. The molecule has 2 aromatic rings. The molecule has 3 N–H and O–H groups in total. The Labute approximate surface area is 177 Å². The van der Waals surface area contributed by atoms with Gasteiger partial charge in [-0.05, 0) is 37.1 Å². The third-order valence-electron chi connectivity index (χ3n) is 4.31. The molecule has 0 radical (unpaired) electrons. The van der Waals surface area contributed by atoms with Gasteiger partial charge in [-0.2, -0.15) is 0 Å². The van der Waals surface area contributed by atoms with E-state index in [1.165, 1.54) is 0 Å². The molecule has 30 heavy (non-hydrogen) atoms. The predicted octanol–water partition coefficient (Wildman–Crippen LogP) is 2.15. The number of amides is 2. The van der Waals surface area contributed by atoms with Crippen molar-refractivity contribution in [2.24, 2.45) is 0 Å². The van der Waals surface area contributed by atoms with Crippen LogP contribution in [-0.2, 0) is 22.3 Å². The van der Waals surface area contributed by atoms with Gasteiger partial charge >= 0.3 is 6.03 Å². The van der Waals surface area contributed by atoms with Gasteiger partial charge in [-0.1, -0.05) is 36.4 Å². The number of hydrogen-bond acceptors (Lipinski definition) is 5. The lowest BCUT2D eigenvalue weighted by atomic mass is 10.1. The van der Waals surface area contributed by atoms with E-state index in [0.29, 0.717) is 36.8 Å². The number of sulfonamides is 1. The summed E-state index contributed by atoms with van der Waals surface area (Å²) in [7, 11) is -3.36. The summed E-state index contributed by atoms with van der Waals surface area (Å²) in [6, 6.07) is 14.1. The molecule has 1 aliphatic rings. The van der Waals surface area contributed by atoms with Crippen molar-refractivity contribution in [3.8, 4) is 11.5 Å². The molecule has 2 amide bonds. The van der Waals surface area contributed by atoms with Gasteiger partial charge in [0.1, 0.15) is 6.61 Å². The summed E-state index contributed by atoms with van der Waals surface area (Å²) in [5, 5.41) is 5.55. The van der Waals surface area contributed by atoms with Crippen molar-refractivity contribution in [3.05, 3.63) is 59.7 Å². The zero-order valence-corrected chi connectivity index (χ0v) is 17.9. The molecule has 0 bridgehead atoms. The Bertz CT molecular complexity index is 961. The van der Waals surface area contributed by atoms with Gasteiger partial charge in [-0.25, -0.2) is 17.9 Å². The van der Waals surface area contributed by atoms with Gasteiger partial charge in [-0.15, -0.1) is 0 Å². The summed E-state index contributed by atoms with van der Waals surface area (Å²) in [6.45, 7) is 4.58. The molecule has 0 aliphatic carbocycles. The van der Waals surface area contributed by atoms with Crippen LogP contribution < -0.4 is 24.8 Å². The van der Waals surface area contributed by atoms with E-state index in [2.05, 4.69) is 15.4 Å². The first-order chi connectivity index (χ1) is 14.3. The zero-order valence-electron chi connectivity index (χ0n) is 17.1. The number of carbonyl (C=O) groups is 1. The second-order valence-corrected chi connectivity index (χ2v) is 9.16. The number of para-hydroxylation sites is 2. The number of nitrogens with one attached hydrogen (secondary N) is 3. The van der Waals surface area contributed by atoms with Crippen LogP contribution in [0, 0.1) is 0 Å². The molecule has 1 heterocycles. The van der Waals surface area contributed by atoms with E-state index in [1.54, 1.807) is 38.1 Å². The minimum atomic E-state index is -3.36. The first-order valence-corrected chi connectivity index (χ1v) is 11.4. The van der Waals surface area contributed by atoms with Crippen LogP contribution in [0.5, 0.6) is 11.5 Å². The predicted molar refractivity (Wildman–Crippen MR) is 114 cm³/mol. The fraction of sp³-hybridized carbons (Fsp3) is 0.381. The Balaban J connectivity index is 1.41. The van der Waals surface area contributed by atoms with Crippen LogP contribution in [0.4, 0.5) is 4.79 Å². The lowest BCUT2D eigenvalue weighted by molar-refractivity contribution is 0.0918. The number of urea groups is 1. The molecule has 0 fully saturated rings. The van der Waals surface area contributed by atoms with Gasteiger partial charge in [0.25, 0.3) is 0 Å². The highest BCUT2D eigenvalue weighted by atomic mass is 32.2. The van der Waals surface area contributed by atoms with Gasteiger partial charge in [0.2, 0.25) is 10.0 Å². The van der Waals surface area contributed by atoms with E-state index < -0.39 is 10.0 Å². The second kappa shape index (κ2) is 9.82. The van der Waals surface area contributed by atoms with Crippen LogP contribution in [0.2, 0.25) is 0 Å². The molecule has 0 aromatic heterocycles. The topological polar surface area (TPSA) is 106 Å². The summed E-state index contributed by atoms with van der Waals surface area (Å²) < 4.78 is 37.9. The summed E-state index contributed by atoms with van der Waals surface area (Å²) in [6.07, 6.45) is -0.258. The number of fused-ring (bicyclic) bond motifs is 1. The maximum Gasteiger partial charge on any atom is 0.315 e. The molecule has 3 rings (SSSR count). The first kappa shape index (κ1) is 21.9. The van der Waals surface area contributed by atoms with Gasteiger partial charge < -0.3 is 20.1 Å². The quantitative estimate of drug-likeness (QED) is 0.592. The Kier molecular flexibility index (Phi) is 7.17. The van der Waals surface area contributed by atoms with E-state index in [1.807, 2.05) is 24.3 Å². The maximum absolute atomic E-state index is 12.1. The third kappa shape index (κ3) is 6.64. The molecule has 0 spiro atoms. The molecule has 8 nitrogen and oxygen atoms in total. The second-order valence-electron chi connectivity index (χ2n) is 7.41. The average molecular weight is 434 g/mol. The summed E-state index contributed by atoms with van der Waals surface area (Å²) >= 11 is 0. The van der Waals surface area contributed by atoms with E-state index >= 15 is 0 Å². The molecule has 162 valence electrons. The number of ether oxygens (including phenoxy) is 2. The smallest absolute Gasteiger partial charge is 0.315 e. The molecule has 0 saturated carbocycles. The van der Waals surface area contributed by atoms with E-state index in [9.17, 15) is 13.2 Å². The van der Waals surface area contributed by atoms with E-state index in [-0.39, 0.29) is 23.9 Å². The number of benzene rings is 2. The summed E-state index contributed by atoms with van der Waals surface area (Å²) in [5.41, 5.74) is 1.56. The maximum atomic E-state index is 12.1. The highest BCUT2D eigenvalue weighted by Gasteiger charge is 2.21. The van der Waals surface area contributed by atoms with Gasteiger partial charge in [0, 0.05) is 12.6 Å². The molecule has 1 unspecified atom stereocenters. The van der Waals surface area contributed by atoms with Crippen molar-refractivity contribution in [1.82, 2.24) is 15.4 Å². The molecule has 1 aliphatic heterocycles. The van der Waals surface area contributed by atoms with Gasteiger partial charge in [0.15, 0.2) is 17.6 Å². The highest BCUT2D eigenvalue weighted by molar-refractivity contribution is 7.88. The van der Waals surface area contributed by atoms with Crippen molar-refractivity contribution < 1.29 is 22.7 Å². The standard InChI is InChI=1S/C21H27N3O5S/c1-15(2)24-30(26,27)14-17-9-7-16(8-10-17)11-22-21(25)23-12-18-13-28-19-5-3-4-6-20(19)29-18/h3-10,15,18,24H,11-14H2,1-2H3,(H2,22,23,25). The van der Waals surface area contributed by atoms with Crippen LogP contribution in [0.15, 0.2) is 48.5 Å². The molecular weight excluding hydrogens is 406 g/mol. The fourth-order valence-corrected chi connectivity index (χ4v) is 4.42. The molecule has 0 saturated heterocycles. The lowest BCUT2D eigenvalue weighted by Crippen LogP contribution is -2.44. The van der Waals surface area contributed by atoms with Crippen LogP contribution in [0.1, 0.15) is 25.0 Å². The van der Waals surface area contributed by atoms with Crippen molar-refractivity contribution in [1.29, 1.82) is 0 Å². The molecule has 2 aromatic carbocycles. The van der Waals surface area contributed by atoms with Crippen molar-refractivity contribution in [3.63, 3.8) is 0 Å². The zero-order chi connectivity index (χ0) is 21.6. The van der Waals surface area contributed by atoms with E-state index in [4.69, 9.17) is 9.47 Å². The number of hydrogen-bond donors (Lipinski definition) is 3. The van der Waals surface area contributed by atoms with Crippen LogP contribution in [-0.4, -0.2) is 39.7 Å². The minimum absolute atomic E-state index is 0.0774. The van der Waals surface area contributed by atoms with E-state index in [0.717, 1.165) is 5.56 Å².